The smallest absolute Gasteiger partial charge is 0.320 e. The Hall–Kier alpha value is -3.05. The normalized spacial score (nSPS) is 20.9. The second kappa shape index (κ2) is 11.1. The molecule has 0 saturated carbocycles. The van der Waals surface area contributed by atoms with Crippen LogP contribution in [0.1, 0.15) is 33.4 Å². The first-order valence-electron chi connectivity index (χ1n) is 11.3. The van der Waals surface area contributed by atoms with E-state index in [4.69, 9.17) is 30.0 Å². The predicted molar refractivity (Wildman–Crippen MR) is 131 cm³/mol. The number of hydrogen-bond acceptors (Lipinski definition) is 11. The zero-order valence-corrected chi connectivity index (χ0v) is 20.7. The number of imidazole rings is 1. The van der Waals surface area contributed by atoms with Gasteiger partial charge >= 0.3 is 14.5 Å². The Kier molecular flexibility index (Phi) is 7.97. The lowest BCUT2D eigenvalue weighted by atomic mass is 10.1. The van der Waals surface area contributed by atoms with E-state index in [0.717, 1.165) is 6.42 Å². The van der Waals surface area contributed by atoms with E-state index in [9.17, 15) is 4.79 Å². The summed E-state index contributed by atoms with van der Waals surface area (Å²) < 4.78 is 25.3. The number of nitrogens with two attached hydrogens (primary N) is 2. The molecule has 13 heteroatoms. The topological polar surface area (TPSA) is 162 Å². The Morgan fingerprint density at radius 3 is 2.80 bits per heavy atom. The van der Waals surface area contributed by atoms with Crippen LogP contribution in [0.2, 0.25) is 0 Å². The first-order valence-corrected chi connectivity index (χ1v) is 12.5. The van der Waals surface area contributed by atoms with Crippen molar-refractivity contribution < 1.29 is 23.3 Å². The number of anilines is 2. The highest BCUT2D eigenvalue weighted by Gasteiger charge is 2.35. The van der Waals surface area contributed by atoms with Crippen molar-refractivity contribution in [3.05, 3.63) is 36.7 Å². The summed E-state index contributed by atoms with van der Waals surface area (Å²) in [6.07, 6.45) is 1.64. The number of fused-ring (bicyclic) bond motifs is 1. The molecule has 1 aliphatic heterocycles. The molecule has 0 spiro atoms. The van der Waals surface area contributed by atoms with E-state index in [-0.39, 0.29) is 55.2 Å². The number of esters is 1. The molecule has 0 amide bonds. The van der Waals surface area contributed by atoms with Crippen LogP contribution in [-0.2, 0) is 18.8 Å². The van der Waals surface area contributed by atoms with Gasteiger partial charge in [0.15, 0.2) is 11.5 Å². The van der Waals surface area contributed by atoms with Crippen LogP contribution in [0.15, 0.2) is 36.7 Å². The molecule has 4 atom stereocenters. The van der Waals surface area contributed by atoms with Crippen molar-refractivity contribution in [3.63, 3.8) is 0 Å². The Labute approximate surface area is 204 Å². The van der Waals surface area contributed by atoms with E-state index in [2.05, 4.69) is 27.0 Å². The molecule has 0 aliphatic carbocycles. The molecule has 3 heterocycles. The van der Waals surface area contributed by atoms with Crippen LogP contribution in [0.5, 0.6) is 5.75 Å². The molecular formula is C22H30N7O5P. The van der Waals surface area contributed by atoms with Crippen LogP contribution >= 0.6 is 8.53 Å². The molecule has 5 N–H and O–H groups in total. The third kappa shape index (κ3) is 6.34. The molecule has 1 aromatic carbocycles. The third-order valence-electron chi connectivity index (χ3n) is 5.22. The molecule has 12 nitrogen and oxygen atoms in total. The summed E-state index contributed by atoms with van der Waals surface area (Å²) in [5.74, 6) is 0.692. The minimum Gasteiger partial charge on any atom is -0.462 e. The van der Waals surface area contributed by atoms with Gasteiger partial charge in [0.05, 0.1) is 25.1 Å². The average molecular weight is 504 g/mol. The number of para-hydroxylation sites is 1. The first-order chi connectivity index (χ1) is 16.8. The lowest BCUT2D eigenvalue weighted by molar-refractivity contribution is -0.145. The molecule has 2 aromatic heterocycles. The quantitative estimate of drug-likeness (QED) is 0.275. The number of benzene rings is 1. The maximum Gasteiger partial charge on any atom is 0.320 e. The van der Waals surface area contributed by atoms with Crippen molar-refractivity contribution >= 4 is 37.4 Å². The first kappa shape index (κ1) is 25.1. The Morgan fingerprint density at radius 1 is 1.29 bits per heavy atom. The number of nitrogen functional groups attached to an aromatic ring is 2. The lowest BCUT2D eigenvalue weighted by Crippen LogP contribution is -2.26. The number of nitrogens with zero attached hydrogens (tertiary/aromatic N) is 4. The molecule has 1 fully saturated rings. The zero-order valence-electron chi connectivity index (χ0n) is 19.8. The number of hydrogen-bond donors (Lipinski definition) is 3. The summed E-state index contributed by atoms with van der Waals surface area (Å²) in [5, 5.41) is 3.01. The van der Waals surface area contributed by atoms with Gasteiger partial charge in [-0.2, -0.15) is 9.97 Å². The van der Waals surface area contributed by atoms with Crippen molar-refractivity contribution in [1.29, 1.82) is 0 Å². The highest BCUT2D eigenvalue weighted by molar-refractivity contribution is 7.45. The van der Waals surface area contributed by atoms with Crippen LogP contribution in [0.25, 0.3) is 11.2 Å². The number of ether oxygens (including phenoxy) is 2. The summed E-state index contributed by atoms with van der Waals surface area (Å²) in [7, 11) is -1.62. The van der Waals surface area contributed by atoms with Gasteiger partial charge in [0.1, 0.15) is 24.0 Å². The molecule has 1 aliphatic rings. The predicted octanol–water partition coefficient (Wildman–Crippen LogP) is 2.78. The van der Waals surface area contributed by atoms with E-state index in [0.29, 0.717) is 16.9 Å². The number of nitrogens with one attached hydrogen (secondary N) is 1. The summed E-state index contributed by atoms with van der Waals surface area (Å²) in [6.45, 7) is 5.89. The molecule has 4 unspecified atom stereocenters. The second-order valence-corrected chi connectivity index (χ2v) is 9.75. The summed E-state index contributed by atoms with van der Waals surface area (Å²) in [6, 6.07) is 9.26. The van der Waals surface area contributed by atoms with Gasteiger partial charge in [0.2, 0.25) is 5.95 Å². The van der Waals surface area contributed by atoms with Crippen LogP contribution in [0.3, 0.4) is 0 Å². The average Bonchev–Trinajstić information content (AvgIpc) is 3.38. The maximum absolute atomic E-state index is 12.0. The van der Waals surface area contributed by atoms with Gasteiger partial charge in [-0.25, -0.2) is 10.1 Å². The fourth-order valence-electron chi connectivity index (χ4n) is 3.77. The Balaban J connectivity index is 1.40. The van der Waals surface area contributed by atoms with Crippen LogP contribution < -0.4 is 21.1 Å². The molecule has 4 rings (SSSR count). The van der Waals surface area contributed by atoms with Crippen LogP contribution in [-0.4, -0.2) is 50.8 Å². The van der Waals surface area contributed by atoms with Crippen LogP contribution in [0.4, 0.5) is 11.8 Å². The van der Waals surface area contributed by atoms with Crippen molar-refractivity contribution in [2.75, 3.05) is 24.6 Å². The SMILES string of the molecule is CC(C)OC(=O)CNP(OCC1CC(C)C(n2cnc3c(N)nc(N)nc32)O1)Oc1ccccc1. The van der Waals surface area contributed by atoms with Gasteiger partial charge in [0.25, 0.3) is 0 Å². The Bertz CT molecular complexity index is 1150. The molecule has 0 radical (unpaired) electrons. The van der Waals surface area contributed by atoms with Gasteiger partial charge in [-0.05, 0) is 32.4 Å². The summed E-state index contributed by atoms with van der Waals surface area (Å²) in [5.41, 5.74) is 12.7. The molecule has 1 saturated heterocycles. The summed E-state index contributed by atoms with van der Waals surface area (Å²) in [4.78, 5) is 24.6. The molecular weight excluding hydrogens is 473 g/mol. The van der Waals surface area contributed by atoms with E-state index < -0.39 is 8.53 Å². The standard InChI is InChI=1S/C22H30N7O5P/c1-13(2)32-17(30)10-26-35(34-15-7-5-4-6-8-15)31-11-16-9-14(3)21(33-16)29-12-25-18-19(23)27-22(24)28-20(18)29/h4-8,12-14,16,21,26H,9-11H2,1-3H3,(H4,23,24,27,28). The molecule has 0 bridgehead atoms. The molecule has 3 aromatic rings. The lowest BCUT2D eigenvalue weighted by Gasteiger charge is -2.21. The van der Waals surface area contributed by atoms with Gasteiger partial charge in [-0.1, -0.05) is 25.1 Å². The minimum absolute atomic E-state index is 0.0369. The molecule has 35 heavy (non-hydrogen) atoms. The van der Waals surface area contributed by atoms with E-state index >= 15 is 0 Å². The fourth-order valence-corrected chi connectivity index (χ4v) is 4.85. The number of aromatic nitrogens is 4. The van der Waals surface area contributed by atoms with Gasteiger partial charge < -0.3 is 30.0 Å². The molecule has 188 valence electrons. The largest absolute Gasteiger partial charge is 0.462 e. The fraction of sp³-hybridized carbons (Fsp3) is 0.455. The van der Waals surface area contributed by atoms with Gasteiger partial charge in [0, 0.05) is 5.92 Å². The van der Waals surface area contributed by atoms with Crippen molar-refractivity contribution in [1.82, 2.24) is 24.6 Å². The van der Waals surface area contributed by atoms with Gasteiger partial charge in [-0.15, -0.1) is 0 Å². The van der Waals surface area contributed by atoms with Crippen LogP contribution in [0, 0.1) is 5.92 Å². The minimum atomic E-state index is -1.62. The number of rotatable bonds is 10. The monoisotopic (exact) mass is 503 g/mol. The van der Waals surface area contributed by atoms with Crippen molar-refractivity contribution in [2.24, 2.45) is 5.92 Å². The van der Waals surface area contributed by atoms with Crippen molar-refractivity contribution in [3.8, 4) is 5.75 Å². The van der Waals surface area contributed by atoms with E-state index in [1.54, 1.807) is 20.2 Å². The van der Waals surface area contributed by atoms with Crippen molar-refractivity contribution in [2.45, 2.75) is 45.6 Å². The van der Waals surface area contributed by atoms with Gasteiger partial charge in [-0.3, -0.25) is 9.36 Å². The number of carbonyl (C=O) groups excluding carboxylic acids is 1. The highest BCUT2D eigenvalue weighted by Crippen LogP contribution is 2.40. The highest BCUT2D eigenvalue weighted by atomic mass is 31.2. The second-order valence-electron chi connectivity index (χ2n) is 8.48. The number of carbonyl (C=O) groups is 1. The van der Waals surface area contributed by atoms with E-state index in [1.165, 1.54) is 0 Å². The summed E-state index contributed by atoms with van der Waals surface area (Å²) >= 11 is 0. The maximum atomic E-state index is 12.0. The Morgan fingerprint density at radius 2 is 2.06 bits per heavy atom. The van der Waals surface area contributed by atoms with E-state index in [1.807, 2.05) is 34.9 Å². The zero-order chi connectivity index (χ0) is 24.9. The third-order valence-corrected chi connectivity index (χ3v) is 6.40.